The van der Waals surface area contributed by atoms with E-state index in [0.29, 0.717) is 0 Å². The third-order valence-corrected chi connectivity index (χ3v) is 2.62. The SMILES string of the molecule is CC1CS(=O)(=O)NC1=O. The zero-order valence-corrected chi connectivity index (χ0v) is 5.73. The number of nitrogens with one attached hydrogen (secondary N) is 1. The first-order chi connectivity index (χ1) is 4.01. The number of amides is 1. The predicted octanol–water partition coefficient (Wildman–Crippen LogP) is -0.918. The number of hydrogen-bond acceptors (Lipinski definition) is 3. The van der Waals surface area contributed by atoms with Crippen molar-refractivity contribution in [2.45, 2.75) is 6.92 Å². The van der Waals surface area contributed by atoms with E-state index in [1.807, 2.05) is 4.72 Å². The van der Waals surface area contributed by atoms with E-state index >= 15 is 0 Å². The quantitative estimate of drug-likeness (QED) is 0.484. The van der Waals surface area contributed by atoms with Gasteiger partial charge in [0.1, 0.15) is 0 Å². The highest BCUT2D eigenvalue weighted by Crippen LogP contribution is 2.07. The molecule has 52 valence electrons. The first-order valence-electron chi connectivity index (χ1n) is 2.55. The highest BCUT2D eigenvalue weighted by molar-refractivity contribution is 7.90. The third-order valence-electron chi connectivity index (χ3n) is 1.17. The normalized spacial score (nSPS) is 32.1. The molecule has 0 aliphatic carbocycles. The second kappa shape index (κ2) is 1.70. The fraction of sp³-hybridized carbons (Fsp3) is 0.750. The molecule has 1 fully saturated rings. The second-order valence-corrected chi connectivity index (χ2v) is 3.92. The standard InChI is InChI=1S/C4H7NO3S/c1-3-2-9(7,8)5-4(3)6/h3H,2H2,1H3,(H,5,6). The van der Waals surface area contributed by atoms with E-state index < -0.39 is 15.9 Å². The lowest BCUT2D eigenvalue weighted by atomic mass is 10.2. The van der Waals surface area contributed by atoms with Crippen molar-refractivity contribution in [3.8, 4) is 0 Å². The van der Waals surface area contributed by atoms with Crippen LogP contribution in [0.25, 0.3) is 0 Å². The summed E-state index contributed by atoms with van der Waals surface area (Å²) in [5.41, 5.74) is 0. The Hall–Kier alpha value is -0.580. The van der Waals surface area contributed by atoms with E-state index in [-0.39, 0.29) is 11.7 Å². The molecular formula is C4H7NO3S. The van der Waals surface area contributed by atoms with Crippen molar-refractivity contribution >= 4 is 15.9 Å². The van der Waals surface area contributed by atoms with Gasteiger partial charge in [0.15, 0.2) is 0 Å². The van der Waals surface area contributed by atoms with Crippen LogP contribution in [0.3, 0.4) is 0 Å². The molecule has 1 atom stereocenters. The summed E-state index contributed by atoms with van der Waals surface area (Å²) in [6, 6.07) is 0. The van der Waals surface area contributed by atoms with Crippen LogP contribution in [-0.4, -0.2) is 20.1 Å². The number of hydrogen-bond donors (Lipinski definition) is 1. The van der Waals surface area contributed by atoms with E-state index in [1.165, 1.54) is 0 Å². The monoisotopic (exact) mass is 149 g/mol. The van der Waals surface area contributed by atoms with Crippen molar-refractivity contribution < 1.29 is 13.2 Å². The maximum Gasteiger partial charge on any atom is 0.237 e. The minimum absolute atomic E-state index is 0.0637. The van der Waals surface area contributed by atoms with Crippen LogP contribution in [-0.2, 0) is 14.8 Å². The molecule has 1 saturated heterocycles. The summed E-state index contributed by atoms with van der Waals surface area (Å²) in [6.45, 7) is 1.58. The Kier molecular flexibility index (Phi) is 1.23. The molecule has 1 aliphatic rings. The molecule has 0 aromatic heterocycles. The highest BCUT2D eigenvalue weighted by Gasteiger charge is 2.31. The maximum atomic E-state index is 10.5. The minimum atomic E-state index is -3.24. The maximum absolute atomic E-state index is 10.5. The molecule has 0 bridgehead atoms. The van der Waals surface area contributed by atoms with Crippen molar-refractivity contribution in [2.75, 3.05) is 5.75 Å². The van der Waals surface area contributed by atoms with Gasteiger partial charge in [0, 0.05) is 0 Å². The van der Waals surface area contributed by atoms with Gasteiger partial charge in [-0.25, -0.2) is 8.42 Å². The van der Waals surface area contributed by atoms with Crippen LogP contribution in [0.5, 0.6) is 0 Å². The number of carbonyl (C=O) groups is 1. The van der Waals surface area contributed by atoms with Crippen LogP contribution in [0.4, 0.5) is 0 Å². The molecule has 5 heteroatoms. The Balaban J connectivity index is 2.90. The topological polar surface area (TPSA) is 63.2 Å². The van der Waals surface area contributed by atoms with E-state index in [4.69, 9.17) is 0 Å². The molecule has 1 rings (SSSR count). The van der Waals surface area contributed by atoms with E-state index in [0.717, 1.165) is 0 Å². The molecular weight excluding hydrogens is 142 g/mol. The van der Waals surface area contributed by atoms with E-state index in [2.05, 4.69) is 0 Å². The number of sulfonamides is 1. The molecule has 4 nitrogen and oxygen atoms in total. The van der Waals surface area contributed by atoms with Crippen molar-refractivity contribution in [2.24, 2.45) is 5.92 Å². The van der Waals surface area contributed by atoms with Gasteiger partial charge < -0.3 is 0 Å². The minimum Gasteiger partial charge on any atom is -0.274 e. The summed E-state index contributed by atoms with van der Waals surface area (Å²) in [7, 11) is -3.24. The Bertz CT molecular complexity index is 230. The summed E-state index contributed by atoms with van der Waals surface area (Å²) in [5, 5.41) is 0. The lowest BCUT2D eigenvalue weighted by molar-refractivity contribution is -0.121. The average molecular weight is 149 g/mol. The third kappa shape index (κ3) is 1.21. The molecule has 0 spiro atoms. The first-order valence-corrected chi connectivity index (χ1v) is 4.21. The predicted molar refractivity (Wildman–Crippen MR) is 31.1 cm³/mol. The lowest BCUT2D eigenvalue weighted by Gasteiger charge is -1.87. The van der Waals surface area contributed by atoms with Gasteiger partial charge >= 0.3 is 0 Å². The van der Waals surface area contributed by atoms with E-state index in [9.17, 15) is 13.2 Å². The molecule has 0 aromatic carbocycles. The van der Waals surface area contributed by atoms with Gasteiger partial charge in [0.2, 0.25) is 15.9 Å². The van der Waals surface area contributed by atoms with Gasteiger partial charge in [-0.1, -0.05) is 6.92 Å². The molecule has 0 aromatic rings. The molecule has 1 aliphatic heterocycles. The average Bonchev–Trinajstić information content (AvgIpc) is 1.79. The van der Waals surface area contributed by atoms with Crippen molar-refractivity contribution in [3.05, 3.63) is 0 Å². The van der Waals surface area contributed by atoms with Crippen molar-refractivity contribution in [3.63, 3.8) is 0 Å². The van der Waals surface area contributed by atoms with Crippen LogP contribution in [0.1, 0.15) is 6.92 Å². The largest absolute Gasteiger partial charge is 0.274 e. The van der Waals surface area contributed by atoms with Crippen LogP contribution in [0.15, 0.2) is 0 Å². The summed E-state index contributed by atoms with van der Waals surface area (Å²) < 4.78 is 22.9. The fourth-order valence-electron chi connectivity index (χ4n) is 0.700. The van der Waals surface area contributed by atoms with E-state index in [1.54, 1.807) is 6.92 Å². The molecule has 1 unspecified atom stereocenters. The number of rotatable bonds is 0. The summed E-state index contributed by atoms with van der Waals surface area (Å²) >= 11 is 0. The lowest BCUT2D eigenvalue weighted by Crippen LogP contribution is -2.21. The van der Waals surface area contributed by atoms with Crippen molar-refractivity contribution in [1.29, 1.82) is 0 Å². The molecule has 1 heterocycles. The van der Waals surface area contributed by atoms with Crippen molar-refractivity contribution in [1.82, 2.24) is 4.72 Å². The smallest absolute Gasteiger partial charge is 0.237 e. The van der Waals surface area contributed by atoms with Gasteiger partial charge in [-0.15, -0.1) is 0 Å². The Labute approximate surface area is 53.3 Å². The van der Waals surface area contributed by atoms with Crippen LogP contribution in [0.2, 0.25) is 0 Å². The van der Waals surface area contributed by atoms with Gasteiger partial charge in [-0.05, 0) is 0 Å². The summed E-state index contributed by atoms with van der Waals surface area (Å²) in [5.74, 6) is -0.837. The Morgan fingerprint density at radius 2 is 2.22 bits per heavy atom. The van der Waals surface area contributed by atoms with Gasteiger partial charge in [-0.3, -0.25) is 9.52 Å². The van der Waals surface area contributed by atoms with Gasteiger partial charge in [0.05, 0.1) is 11.7 Å². The summed E-state index contributed by atoms with van der Waals surface area (Å²) in [6.07, 6.45) is 0. The first kappa shape index (κ1) is 6.54. The summed E-state index contributed by atoms with van der Waals surface area (Å²) in [4.78, 5) is 10.5. The van der Waals surface area contributed by atoms with Crippen LogP contribution in [0, 0.1) is 5.92 Å². The highest BCUT2D eigenvalue weighted by atomic mass is 32.2. The van der Waals surface area contributed by atoms with Gasteiger partial charge in [0.25, 0.3) is 0 Å². The zero-order chi connectivity index (χ0) is 7.07. The fourth-order valence-corrected chi connectivity index (χ4v) is 2.10. The number of carbonyl (C=O) groups excluding carboxylic acids is 1. The Morgan fingerprint density at radius 3 is 2.33 bits per heavy atom. The molecule has 1 N–H and O–H groups in total. The molecule has 0 saturated carbocycles. The Morgan fingerprint density at radius 1 is 1.67 bits per heavy atom. The zero-order valence-electron chi connectivity index (χ0n) is 4.92. The van der Waals surface area contributed by atoms with Crippen LogP contribution < -0.4 is 4.72 Å². The molecule has 9 heavy (non-hydrogen) atoms. The molecule has 1 amide bonds. The van der Waals surface area contributed by atoms with Gasteiger partial charge in [-0.2, -0.15) is 0 Å². The second-order valence-electron chi connectivity index (χ2n) is 2.15. The molecule has 0 radical (unpaired) electrons. The van der Waals surface area contributed by atoms with Crippen LogP contribution >= 0.6 is 0 Å².